The number of nitrogens with one attached hydrogen (secondary N) is 1. The van der Waals surface area contributed by atoms with E-state index in [2.05, 4.69) is 43.4 Å². The second-order valence-electron chi connectivity index (χ2n) is 6.03. The number of hydrogen-bond donors (Lipinski definition) is 2. The van der Waals surface area contributed by atoms with E-state index in [4.69, 9.17) is 5.73 Å². The standard InChI is InChI=1S/C16H26N2O/c1-12(2)14-8-5-13(6-9-14)7-10-15(19)18-16(3,4)11-17/h5-6,8-9,12H,7,10-11,17H2,1-4H3,(H,18,19). The number of amides is 1. The zero-order chi connectivity index (χ0) is 14.5. The SMILES string of the molecule is CC(C)c1ccc(CCC(=O)NC(C)(C)CN)cc1. The summed E-state index contributed by atoms with van der Waals surface area (Å²) in [6.45, 7) is 8.67. The summed E-state index contributed by atoms with van der Waals surface area (Å²) in [5.74, 6) is 0.603. The van der Waals surface area contributed by atoms with Crippen LogP contribution in [-0.2, 0) is 11.2 Å². The normalized spacial score (nSPS) is 11.7. The van der Waals surface area contributed by atoms with Gasteiger partial charge in [-0.25, -0.2) is 0 Å². The summed E-state index contributed by atoms with van der Waals surface area (Å²) >= 11 is 0. The van der Waals surface area contributed by atoms with Crippen molar-refractivity contribution in [1.29, 1.82) is 0 Å². The quantitative estimate of drug-likeness (QED) is 0.828. The van der Waals surface area contributed by atoms with Crippen LogP contribution in [0.5, 0.6) is 0 Å². The molecule has 0 atom stereocenters. The van der Waals surface area contributed by atoms with Gasteiger partial charge in [-0.05, 0) is 37.3 Å². The lowest BCUT2D eigenvalue weighted by Gasteiger charge is -2.24. The molecule has 3 heteroatoms. The monoisotopic (exact) mass is 262 g/mol. The van der Waals surface area contributed by atoms with Gasteiger partial charge in [0.2, 0.25) is 5.91 Å². The Hall–Kier alpha value is -1.35. The Morgan fingerprint density at radius 1 is 1.26 bits per heavy atom. The molecule has 0 radical (unpaired) electrons. The topological polar surface area (TPSA) is 55.1 Å². The Kier molecular flexibility index (Phi) is 5.55. The number of carbonyl (C=O) groups excluding carboxylic acids is 1. The van der Waals surface area contributed by atoms with E-state index in [-0.39, 0.29) is 11.4 Å². The molecule has 1 aromatic carbocycles. The van der Waals surface area contributed by atoms with Gasteiger partial charge in [-0.15, -0.1) is 0 Å². The first-order valence-electron chi connectivity index (χ1n) is 6.94. The fourth-order valence-corrected chi connectivity index (χ4v) is 1.82. The molecule has 3 N–H and O–H groups in total. The van der Waals surface area contributed by atoms with Crippen molar-refractivity contribution in [2.45, 2.75) is 52.0 Å². The summed E-state index contributed by atoms with van der Waals surface area (Å²) in [6, 6.07) is 8.50. The van der Waals surface area contributed by atoms with Gasteiger partial charge in [0.25, 0.3) is 0 Å². The molecular weight excluding hydrogens is 236 g/mol. The van der Waals surface area contributed by atoms with Crippen molar-refractivity contribution in [3.05, 3.63) is 35.4 Å². The lowest BCUT2D eigenvalue weighted by Crippen LogP contribution is -2.48. The Morgan fingerprint density at radius 3 is 2.32 bits per heavy atom. The van der Waals surface area contributed by atoms with Crippen LogP contribution in [0, 0.1) is 0 Å². The number of hydrogen-bond acceptors (Lipinski definition) is 2. The molecular formula is C16H26N2O. The molecule has 3 nitrogen and oxygen atoms in total. The van der Waals surface area contributed by atoms with Gasteiger partial charge in [0.1, 0.15) is 0 Å². The minimum Gasteiger partial charge on any atom is -0.350 e. The molecule has 0 bridgehead atoms. The summed E-state index contributed by atoms with van der Waals surface area (Å²) in [7, 11) is 0. The van der Waals surface area contributed by atoms with E-state index in [0.717, 1.165) is 6.42 Å². The first-order chi connectivity index (χ1) is 8.84. The third kappa shape index (κ3) is 5.43. The summed E-state index contributed by atoms with van der Waals surface area (Å²) in [5, 5.41) is 2.94. The van der Waals surface area contributed by atoms with Gasteiger partial charge >= 0.3 is 0 Å². The highest BCUT2D eigenvalue weighted by Crippen LogP contribution is 2.15. The molecule has 106 valence electrons. The van der Waals surface area contributed by atoms with E-state index in [9.17, 15) is 4.79 Å². The number of nitrogens with two attached hydrogens (primary N) is 1. The van der Waals surface area contributed by atoms with Gasteiger partial charge in [0.15, 0.2) is 0 Å². The van der Waals surface area contributed by atoms with Crippen LogP contribution >= 0.6 is 0 Å². The smallest absolute Gasteiger partial charge is 0.220 e. The van der Waals surface area contributed by atoms with Crippen LogP contribution in [0.4, 0.5) is 0 Å². The average molecular weight is 262 g/mol. The van der Waals surface area contributed by atoms with E-state index < -0.39 is 0 Å². The molecule has 0 aromatic heterocycles. The summed E-state index contributed by atoms with van der Waals surface area (Å²) < 4.78 is 0. The van der Waals surface area contributed by atoms with E-state index >= 15 is 0 Å². The Balaban J connectivity index is 2.46. The molecule has 0 aliphatic heterocycles. The van der Waals surface area contributed by atoms with E-state index in [0.29, 0.717) is 18.9 Å². The Labute approximate surface area is 116 Å². The van der Waals surface area contributed by atoms with Gasteiger partial charge in [-0.2, -0.15) is 0 Å². The van der Waals surface area contributed by atoms with Crippen molar-refractivity contribution < 1.29 is 4.79 Å². The van der Waals surface area contributed by atoms with Gasteiger partial charge in [0, 0.05) is 18.5 Å². The average Bonchev–Trinajstić information content (AvgIpc) is 2.36. The molecule has 0 heterocycles. The number of benzene rings is 1. The maximum Gasteiger partial charge on any atom is 0.220 e. The van der Waals surface area contributed by atoms with Crippen molar-refractivity contribution in [3.63, 3.8) is 0 Å². The predicted octanol–water partition coefficient (Wildman–Crippen LogP) is 2.60. The molecule has 0 saturated carbocycles. The third-order valence-electron chi connectivity index (χ3n) is 3.28. The van der Waals surface area contributed by atoms with Crippen LogP contribution in [0.25, 0.3) is 0 Å². The van der Waals surface area contributed by atoms with Crippen molar-refractivity contribution >= 4 is 5.91 Å². The van der Waals surface area contributed by atoms with Crippen LogP contribution in [0.1, 0.15) is 51.2 Å². The van der Waals surface area contributed by atoms with E-state index in [1.807, 2.05) is 13.8 Å². The first kappa shape index (κ1) is 15.7. The minimum absolute atomic E-state index is 0.0587. The fourth-order valence-electron chi connectivity index (χ4n) is 1.82. The number of rotatable bonds is 6. The van der Waals surface area contributed by atoms with Crippen LogP contribution in [0.15, 0.2) is 24.3 Å². The molecule has 1 aromatic rings. The van der Waals surface area contributed by atoms with Gasteiger partial charge in [-0.3, -0.25) is 4.79 Å². The van der Waals surface area contributed by atoms with Crippen LogP contribution in [0.2, 0.25) is 0 Å². The highest BCUT2D eigenvalue weighted by Gasteiger charge is 2.17. The first-order valence-corrected chi connectivity index (χ1v) is 6.94. The van der Waals surface area contributed by atoms with Crippen LogP contribution in [-0.4, -0.2) is 18.0 Å². The summed E-state index contributed by atoms with van der Waals surface area (Å²) in [6.07, 6.45) is 1.27. The molecule has 1 amide bonds. The zero-order valence-corrected chi connectivity index (χ0v) is 12.5. The van der Waals surface area contributed by atoms with Crippen LogP contribution < -0.4 is 11.1 Å². The molecule has 1 rings (SSSR count). The molecule has 19 heavy (non-hydrogen) atoms. The second kappa shape index (κ2) is 6.71. The van der Waals surface area contributed by atoms with Crippen molar-refractivity contribution in [2.75, 3.05) is 6.54 Å². The summed E-state index contributed by atoms with van der Waals surface area (Å²) in [5.41, 5.74) is 7.80. The van der Waals surface area contributed by atoms with E-state index in [1.165, 1.54) is 11.1 Å². The molecule has 0 spiro atoms. The largest absolute Gasteiger partial charge is 0.350 e. The highest BCUT2D eigenvalue weighted by molar-refractivity contribution is 5.77. The number of carbonyl (C=O) groups is 1. The third-order valence-corrected chi connectivity index (χ3v) is 3.28. The maximum atomic E-state index is 11.8. The Bertz CT molecular complexity index is 407. The molecule has 0 aliphatic rings. The molecule has 0 unspecified atom stereocenters. The van der Waals surface area contributed by atoms with Crippen molar-refractivity contribution in [1.82, 2.24) is 5.32 Å². The molecule has 0 aliphatic carbocycles. The van der Waals surface area contributed by atoms with Crippen molar-refractivity contribution in [3.8, 4) is 0 Å². The molecule has 0 fully saturated rings. The van der Waals surface area contributed by atoms with E-state index in [1.54, 1.807) is 0 Å². The zero-order valence-electron chi connectivity index (χ0n) is 12.5. The highest BCUT2D eigenvalue weighted by atomic mass is 16.1. The summed E-state index contributed by atoms with van der Waals surface area (Å²) in [4.78, 5) is 11.8. The van der Waals surface area contributed by atoms with Crippen molar-refractivity contribution in [2.24, 2.45) is 5.73 Å². The minimum atomic E-state index is -0.321. The fraction of sp³-hybridized carbons (Fsp3) is 0.562. The molecule has 0 saturated heterocycles. The van der Waals surface area contributed by atoms with Gasteiger partial charge in [-0.1, -0.05) is 38.1 Å². The lowest BCUT2D eigenvalue weighted by atomic mass is 10.00. The predicted molar refractivity (Wildman–Crippen MR) is 80.1 cm³/mol. The number of aryl methyl sites for hydroxylation is 1. The van der Waals surface area contributed by atoms with Gasteiger partial charge in [0.05, 0.1) is 0 Å². The maximum absolute atomic E-state index is 11.8. The Morgan fingerprint density at radius 2 is 1.84 bits per heavy atom. The van der Waals surface area contributed by atoms with Gasteiger partial charge < -0.3 is 11.1 Å². The van der Waals surface area contributed by atoms with Crippen LogP contribution in [0.3, 0.4) is 0 Å². The lowest BCUT2D eigenvalue weighted by molar-refractivity contribution is -0.122. The second-order valence-corrected chi connectivity index (χ2v) is 6.03.